The Balaban J connectivity index is 1.61. The van der Waals surface area contributed by atoms with Crippen molar-refractivity contribution in [2.24, 2.45) is 5.41 Å². The predicted molar refractivity (Wildman–Crippen MR) is 118 cm³/mol. The number of amides is 1. The lowest BCUT2D eigenvalue weighted by Gasteiger charge is -2.39. The lowest BCUT2D eigenvalue weighted by atomic mass is 9.85. The van der Waals surface area contributed by atoms with Crippen LogP contribution in [0.25, 0.3) is 0 Å². The van der Waals surface area contributed by atoms with E-state index in [0.717, 1.165) is 64.2 Å². The summed E-state index contributed by atoms with van der Waals surface area (Å²) in [7, 11) is 0. The molecule has 30 heavy (non-hydrogen) atoms. The second-order valence-electron chi connectivity index (χ2n) is 9.97. The molecule has 0 radical (unpaired) electrons. The van der Waals surface area contributed by atoms with Gasteiger partial charge in [0.25, 0.3) is 0 Å². The Bertz CT molecular complexity index is 668. The zero-order chi connectivity index (χ0) is 21.6. The number of halogens is 1. The molecule has 2 heterocycles. The highest BCUT2D eigenvalue weighted by Gasteiger charge is 2.28. The van der Waals surface area contributed by atoms with E-state index >= 15 is 0 Å². The minimum absolute atomic E-state index is 0.0519. The van der Waals surface area contributed by atoms with Crippen molar-refractivity contribution in [2.45, 2.75) is 58.5 Å². The van der Waals surface area contributed by atoms with E-state index in [1.54, 1.807) is 12.1 Å². The van der Waals surface area contributed by atoms with Crippen LogP contribution in [-0.2, 0) is 9.53 Å². The van der Waals surface area contributed by atoms with Crippen LogP contribution in [0, 0.1) is 11.2 Å². The Kier molecular flexibility index (Phi) is 8.26. The van der Waals surface area contributed by atoms with Crippen molar-refractivity contribution >= 4 is 5.91 Å². The fourth-order valence-corrected chi connectivity index (χ4v) is 4.54. The minimum Gasteiger partial charge on any atom is -0.379 e. The molecule has 3 rings (SSSR count). The number of hydrogen-bond acceptors (Lipinski definition) is 4. The molecule has 168 valence electrons. The highest BCUT2D eigenvalue weighted by Crippen LogP contribution is 2.29. The second-order valence-corrected chi connectivity index (χ2v) is 9.97. The van der Waals surface area contributed by atoms with E-state index in [1.807, 2.05) is 0 Å². The van der Waals surface area contributed by atoms with E-state index in [1.165, 1.54) is 18.6 Å². The highest BCUT2D eigenvalue weighted by molar-refractivity contribution is 5.78. The number of carbonyl (C=O) groups excluding carboxylic acids is 1. The molecular weight excluding hydrogens is 381 g/mol. The van der Waals surface area contributed by atoms with Crippen molar-refractivity contribution in [2.75, 3.05) is 45.9 Å². The molecule has 2 unspecified atom stereocenters. The monoisotopic (exact) mass is 419 g/mol. The number of piperidine rings is 1. The third-order valence-corrected chi connectivity index (χ3v) is 6.09. The third kappa shape index (κ3) is 7.33. The molecule has 2 saturated heterocycles. The van der Waals surface area contributed by atoms with E-state index in [4.69, 9.17) is 4.74 Å². The molecule has 0 bridgehead atoms. The lowest BCUT2D eigenvalue weighted by Crippen LogP contribution is -2.52. The van der Waals surface area contributed by atoms with E-state index < -0.39 is 0 Å². The van der Waals surface area contributed by atoms with Crippen molar-refractivity contribution in [3.05, 3.63) is 35.6 Å². The van der Waals surface area contributed by atoms with Crippen LogP contribution in [-0.4, -0.2) is 67.7 Å². The molecular formula is C24H38FN3O2. The molecule has 2 atom stereocenters. The summed E-state index contributed by atoms with van der Waals surface area (Å²) in [5.74, 6) is -0.193. The first-order chi connectivity index (χ1) is 14.3. The fourth-order valence-electron chi connectivity index (χ4n) is 4.54. The zero-order valence-electron chi connectivity index (χ0n) is 18.8. The first kappa shape index (κ1) is 23.2. The molecule has 0 saturated carbocycles. The van der Waals surface area contributed by atoms with Crippen LogP contribution in [0.1, 0.15) is 58.1 Å². The van der Waals surface area contributed by atoms with Gasteiger partial charge >= 0.3 is 0 Å². The molecule has 0 aromatic heterocycles. The van der Waals surface area contributed by atoms with Gasteiger partial charge in [-0.2, -0.15) is 0 Å². The lowest BCUT2D eigenvalue weighted by molar-refractivity contribution is -0.124. The maximum Gasteiger partial charge on any atom is 0.234 e. The van der Waals surface area contributed by atoms with Crippen LogP contribution >= 0.6 is 0 Å². The van der Waals surface area contributed by atoms with Gasteiger partial charge in [0, 0.05) is 25.7 Å². The highest BCUT2D eigenvalue weighted by atomic mass is 19.1. The first-order valence-corrected chi connectivity index (χ1v) is 11.4. The SMILES string of the molecule is CC(C)(C)CC(NC(=O)CN1CCCCC1CN1CCOCC1)c1ccc(F)cc1. The Morgan fingerprint density at radius 3 is 2.53 bits per heavy atom. The zero-order valence-corrected chi connectivity index (χ0v) is 18.8. The molecule has 2 fully saturated rings. The molecule has 1 N–H and O–H groups in total. The molecule has 0 spiro atoms. The van der Waals surface area contributed by atoms with Crippen LogP contribution in [0.3, 0.4) is 0 Å². The van der Waals surface area contributed by atoms with Gasteiger partial charge in [-0.1, -0.05) is 39.3 Å². The number of morpholine rings is 1. The van der Waals surface area contributed by atoms with Crippen molar-refractivity contribution < 1.29 is 13.9 Å². The van der Waals surface area contributed by atoms with Gasteiger partial charge in [-0.05, 0) is 48.9 Å². The fraction of sp³-hybridized carbons (Fsp3) is 0.708. The van der Waals surface area contributed by atoms with Crippen molar-refractivity contribution in [1.29, 1.82) is 0 Å². The van der Waals surface area contributed by atoms with Crippen LogP contribution in [0.2, 0.25) is 0 Å². The second kappa shape index (κ2) is 10.7. The smallest absolute Gasteiger partial charge is 0.234 e. The molecule has 1 aromatic rings. The number of likely N-dealkylation sites (tertiary alicyclic amines) is 1. The number of ether oxygens (including phenoxy) is 1. The van der Waals surface area contributed by atoms with Gasteiger partial charge in [0.2, 0.25) is 5.91 Å². The number of nitrogens with one attached hydrogen (secondary N) is 1. The summed E-state index contributed by atoms with van der Waals surface area (Å²) in [5.41, 5.74) is 1.01. The molecule has 2 aliphatic heterocycles. The standard InChI is InChI=1S/C24H38FN3O2/c1-24(2,3)16-22(19-7-9-20(25)10-8-19)26-23(29)18-28-11-5-4-6-21(28)17-27-12-14-30-15-13-27/h7-10,21-22H,4-6,11-18H2,1-3H3,(H,26,29). The molecule has 5 nitrogen and oxygen atoms in total. The Hall–Kier alpha value is -1.50. The topological polar surface area (TPSA) is 44.8 Å². The Morgan fingerprint density at radius 1 is 1.17 bits per heavy atom. The maximum atomic E-state index is 13.4. The van der Waals surface area contributed by atoms with E-state index in [2.05, 4.69) is 35.9 Å². The molecule has 1 amide bonds. The average Bonchev–Trinajstić information content (AvgIpc) is 2.69. The van der Waals surface area contributed by atoms with Crippen LogP contribution in [0.4, 0.5) is 4.39 Å². The van der Waals surface area contributed by atoms with Crippen molar-refractivity contribution in [1.82, 2.24) is 15.1 Å². The summed E-state index contributed by atoms with van der Waals surface area (Å²) in [5, 5.41) is 3.24. The van der Waals surface area contributed by atoms with Gasteiger partial charge in [0.1, 0.15) is 5.82 Å². The normalized spacial score (nSPS) is 22.6. The minimum atomic E-state index is -0.251. The molecule has 6 heteroatoms. The molecule has 1 aromatic carbocycles. The van der Waals surface area contributed by atoms with Gasteiger partial charge < -0.3 is 10.1 Å². The summed E-state index contributed by atoms with van der Waals surface area (Å²) in [4.78, 5) is 17.8. The summed E-state index contributed by atoms with van der Waals surface area (Å²) >= 11 is 0. The Morgan fingerprint density at radius 2 is 1.87 bits per heavy atom. The van der Waals surface area contributed by atoms with Crippen LogP contribution < -0.4 is 5.32 Å². The van der Waals surface area contributed by atoms with Gasteiger partial charge in [0.05, 0.1) is 25.8 Å². The third-order valence-electron chi connectivity index (χ3n) is 6.09. The van der Waals surface area contributed by atoms with Gasteiger partial charge in [0.15, 0.2) is 0 Å². The van der Waals surface area contributed by atoms with Crippen molar-refractivity contribution in [3.8, 4) is 0 Å². The number of nitrogens with zero attached hydrogens (tertiary/aromatic N) is 2. The van der Waals surface area contributed by atoms with E-state index in [0.29, 0.717) is 12.6 Å². The number of carbonyl (C=O) groups is 1. The summed E-state index contributed by atoms with van der Waals surface area (Å²) in [6.07, 6.45) is 4.33. The van der Waals surface area contributed by atoms with Crippen LogP contribution in [0.15, 0.2) is 24.3 Å². The van der Waals surface area contributed by atoms with Gasteiger partial charge in [-0.3, -0.25) is 14.6 Å². The Labute approximate surface area is 180 Å². The first-order valence-electron chi connectivity index (χ1n) is 11.4. The van der Waals surface area contributed by atoms with Gasteiger partial charge in [-0.25, -0.2) is 4.39 Å². The van der Waals surface area contributed by atoms with Crippen molar-refractivity contribution in [3.63, 3.8) is 0 Å². The summed E-state index contributed by atoms with van der Waals surface area (Å²) in [6.45, 7) is 12.5. The number of benzene rings is 1. The van der Waals surface area contributed by atoms with E-state index in [9.17, 15) is 9.18 Å². The number of rotatable bonds is 7. The average molecular weight is 420 g/mol. The van der Waals surface area contributed by atoms with Gasteiger partial charge in [-0.15, -0.1) is 0 Å². The van der Waals surface area contributed by atoms with E-state index in [-0.39, 0.29) is 23.2 Å². The maximum absolute atomic E-state index is 13.4. The largest absolute Gasteiger partial charge is 0.379 e. The predicted octanol–water partition coefficient (Wildman–Crippen LogP) is 3.61. The van der Waals surface area contributed by atoms with Crippen LogP contribution in [0.5, 0.6) is 0 Å². The molecule has 0 aliphatic carbocycles. The summed E-state index contributed by atoms with van der Waals surface area (Å²) < 4.78 is 18.9. The quantitative estimate of drug-likeness (QED) is 0.733. The molecule has 2 aliphatic rings. The summed E-state index contributed by atoms with van der Waals surface area (Å²) in [6, 6.07) is 6.83. The number of hydrogen-bond donors (Lipinski definition) is 1.